The van der Waals surface area contributed by atoms with Gasteiger partial charge in [0, 0.05) is 18.7 Å². The van der Waals surface area contributed by atoms with Crippen molar-refractivity contribution in [2.45, 2.75) is 33.6 Å². The Bertz CT molecular complexity index is 577. The zero-order chi connectivity index (χ0) is 15.2. The summed E-state index contributed by atoms with van der Waals surface area (Å²) in [4.78, 5) is 6.75. The topological polar surface area (TPSA) is 25.4 Å². The highest BCUT2D eigenvalue weighted by Gasteiger charge is 2.16. The molecule has 1 aliphatic heterocycles. The van der Waals surface area contributed by atoms with Crippen LogP contribution in [0.2, 0.25) is 0 Å². The SMILES string of the molecule is CCCC.Cc1c(F)ccc2sc(N3CCOCC3)nc12. The number of hydrogen-bond donors (Lipinski definition) is 0. The average molecular weight is 310 g/mol. The minimum Gasteiger partial charge on any atom is -0.378 e. The molecule has 0 N–H and O–H groups in total. The van der Waals surface area contributed by atoms with Gasteiger partial charge in [-0.05, 0) is 19.1 Å². The summed E-state index contributed by atoms with van der Waals surface area (Å²) in [5, 5.41) is 0.969. The number of ether oxygens (including phenoxy) is 1. The maximum Gasteiger partial charge on any atom is 0.186 e. The summed E-state index contributed by atoms with van der Waals surface area (Å²) in [7, 11) is 0. The fourth-order valence-electron chi connectivity index (χ4n) is 1.98. The maximum absolute atomic E-state index is 13.4. The second kappa shape index (κ2) is 7.71. The number of halogens is 1. The van der Waals surface area contributed by atoms with Crippen molar-refractivity contribution in [3.63, 3.8) is 0 Å². The molecule has 1 aromatic heterocycles. The van der Waals surface area contributed by atoms with Gasteiger partial charge < -0.3 is 9.64 Å². The molecule has 21 heavy (non-hydrogen) atoms. The van der Waals surface area contributed by atoms with Crippen molar-refractivity contribution in [2.24, 2.45) is 0 Å². The van der Waals surface area contributed by atoms with Crippen LogP contribution >= 0.6 is 11.3 Å². The van der Waals surface area contributed by atoms with Crippen molar-refractivity contribution in [3.05, 3.63) is 23.5 Å². The van der Waals surface area contributed by atoms with E-state index in [0.717, 1.165) is 41.7 Å². The fourth-order valence-corrected chi connectivity index (χ4v) is 3.06. The van der Waals surface area contributed by atoms with Crippen LogP contribution in [0.4, 0.5) is 9.52 Å². The molecule has 0 unspecified atom stereocenters. The first-order chi connectivity index (χ1) is 10.2. The summed E-state index contributed by atoms with van der Waals surface area (Å²) < 4.78 is 19.8. The number of rotatable bonds is 2. The Morgan fingerprint density at radius 3 is 2.52 bits per heavy atom. The zero-order valence-corrected chi connectivity index (χ0v) is 13.8. The number of fused-ring (bicyclic) bond motifs is 1. The van der Waals surface area contributed by atoms with Crippen molar-refractivity contribution in [2.75, 3.05) is 31.2 Å². The molecule has 1 saturated heterocycles. The van der Waals surface area contributed by atoms with E-state index in [9.17, 15) is 4.39 Å². The van der Waals surface area contributed by atoms with E-state index in [1.54, 1.807) is 24.3 Å². The van der Waals surface area contributed by atoms with E-state index in [1.807, 2.05) is 0 Å². The molecule has 0 radical (unpaired) electrons. The van der Waals surface area contributed by atoms with Crippen LogP contribution in [0, 0.1) is 12.7 Å². The number of nitrogens with zero attached hydrogens (tertiary/aromatic N) is 2. The number of unbranched alkanes of at least 4 members (excludes halogenated alkanes) is 1. The Hall–Kier alpha value is -1.20. The molecule has 0 spiro atoms. The van der Waals surface area contributed by atoms with E-state index in [-0.39, 0.29) is 5.82 Å². The quantitative estimate of drug-likeness (QED) is 0.822. The summed E-state index contributed by atoms with van der Waals surface area (Å²) in [6.45, 7) is 9.34. The van der Waals surface area contributed by atoms with Crippen LogP contribution in [-0.2, 0) is 4.74 Å². The molecular formula is C16H23FN2OS. The Kier molecular flexibility index (Phi) is 5.94. The number of morpholine rings is 1. The molecular weight excluding hydrogens is 287 g/mol. The average Bonchev–Trinajstić information content (AvgIpc) is 2.97. The van der Waals surface area contributed by atoms with E-state index < -0.39 is 0 Å². The van der Waals surface area contributed by atoms with E-state index in [4.69, 9.17) is 4.74 Å². The number of hydrogen-bond acceptors (Lipinski definition) is 4. The summed E-state index contributed by atoms with van der Waals surface area (Å²) in [6, 6.07) is 3.32. The third-order valence-corrected chi connectivity index (χ3v) is 4.60. The Morgan fingerprint density at radius 1 is 1.24 bits per heavy atom. The van der Waals surface area contributed by atoms with E-state index in [1.165, 1.54) is 18.9 Å². The Morgan fingerprint density at radius 2 is 1.90 bits per heavy atom. The second-order valence-corrected chi connectivity index (χ2v) is 6.12. The van der Waals surface area contributed by atoms with Crippen molar-refractivity contribution in [1.29, 1.82) is 0 Å². The monoisotopic (exact) mass is 310 g/mol. The molecule has 0 aliphatic carbocycles. The number of thiazole rings is 1. The zero-order valence-electron chi connectivity index (χ0n) is 13.0. The van der Waals surface area contributed by atoms with Gasteiger partial charge in [-0.25, -0.2) is 9.37 Å². The molecule has 5 heteroatoms. The van der Waals surface area contributed by atoms with Crippen molar-refractivity contribution in [1.82, 2.24) is 4.98 Å². The van der Waals surface area contributed by atoms with Gasteiger partial charge in [-0.1, -0.05) is 38.0 Å². The molecule has 0 atom stereocenters. The van der Waals surface area contributed by atoms with Gasteiger partial charge >= 0.3 is 0 Å². The highest BCUT2D eigenvalue weighted by atomic mass is 32.1. The van der Waals surface area contributed by atoms with Gasteiger partial charge in [0.15, 0.2) is 5.13 Å². The van der Waals surface area contributed by atoms with Crippen LogP contribution in [0.25, 0.3) is 10.2 Å². The van der Waals surface area contributed by atoms with Crippen LogP contribution in [0.3, 0.4) is 0 Å². The van der Waals surface area contributed by atoms with Gasteiger partial charge in [-0.2, -0.15) is 0 Å². The lowest BCUT2D eigenvalue weighted by Gasteiger charge is -2.25. The molecule has 1 fully saturated rings. The fraction of sp³-hybridized carbons (Fsp3) is 0.562. The molecule has 2 aromatic rings. The van der Waals surface area contributed by atoms with Crippen LogP contribution in [0.15, 0.2) is 12.1 Å². The molecule has 0 bridgehead atoms. The summed E-state index contributed by atoms with van der Waals surface area (Å²) in [5.41, 5.74) is 1.43. The Labute approximate surface area is 129 Å². The summed E-state index contributed by atoms with van der Waals surface area (Å²) in [5.74, 6) is -0.184. The number of benzene rings is 1. The number of aromatic nitrogens is 1. The normalized spacial score (nSPS) is 15.0. The largest absolute Gasteiger partial charge is 0.378 e. The number of anilines is 1. The van der Waals surface area contributed by atoms with Crippen LogP contribution in [-0.4, -0.2) is 31.3 Å². The van der Waals surface area contributed by atoms with Crippen LogP contribution in [0.5, 0.6) is 0 Å². The smallest absolute Gasteiger partial charge is 0.186 e. The van der Waals surface area contributed by atoms with E-state index in [2.05, 4.69) is 23.7 Å². The van der Waals surface area contributed by atoms with Gasteiger partial charge in [0.1, 0.15) is 5.82 Å². The lowest BCUT2D eigenvalue weighted by atomic mass is 10.2. The third kappa shape index (κ3) is 3.92. The van der Waals surface area contributed by atoms with Gasteiger partial charge in [-0.15, -0.1) is 0 Å². The standard InChI is InChI=1S/C12H13FN2OS.C4H10/c1-8-9(13)2-3-10-11(8)14-12(17-10)15-4-6-16-7-5-15;1-3-4-2/h2-3H,4-7H2,1H3;3-4H2,1-2H3. The molecule has 2 heterocycles. The van der Waals surface area contributed by atoms with Crippen molar-refractivity contribution < 1.29 is 9.13 Å². The molecule has 1 aromatic carbocycles. The second-order valence-electron chi connectivity index (χ2n) is 5.11. The van der Waals surface area contributed by atoms with Gasteiger partial charge in [0.2, 0.25) is 0 Å². The minimum absolute atomic E-state index is 0.184. The molecule has 0 amide bonds. The van der Waals surface area contributed by atoms with Gasteiger partial charge in [0.25, 0.3) is 0 Å². The lowest BCUT2D eigenvalue weighted by molar-refractivity contribution is 0.122. The van der Waals surface area contributed by atoms with Gasteiger partial charge in [-0.3, -0.25) is 0 Å². The first-order valence-electron chi connectivity index (χ1n) is 7.55. The molecule has 116 valence electrons. The predicted molar refractivity (Wildman–Crippen MR) is 87.9 cm³/mol. The van der Waals surface area contributed by atoms with Crippen LogP contribution < -0.4 is 4.90 Å². The van der Waals surface area contributed by atoms with Crippen molar-refractivity contribution in [3.8, 4) is 0 Å². The van der Waals surface area contributed by atoms with E-state index in [0.29, 0.717) is 5.56 Å². The molecule has 3 rings (SSSR count). The summed E-state index contributed by atoms with van der Waals surface area (Å²) >= 11 is 1.62. The highest BCUT2D eigenvalue weighted by molar-refractivity contribution is 7.22. The maximum atomic E-state index is 13.4. The molecule has 0 saturated carbocycles. The predicted octanol–water partition coefficient (Wildman–Crippen LogP) is 4.39. The first-order valence-corrected chi connectivity index (χ1v) is 8.37. The molecule has 1 aliphatic rings. The lowest BCUT2D eigenvalue weighted by Crippen LogP contribution is -2.36. The minimum atomic E-state index is -0.184. The molecule has 3 nitrogen and oxygen atoms in total. The third-order valence-electron chi connectivity index (χ3n) is 3.52. The highest BCUT2D eigenvalue weighted by Crippen LogP contribution is 2.31. The number of aryl methyl sites for hydroxylation is 1. The van der Waals surface area contributed by atoms with E-state index >= 15 is 0 Å². The van der Waals surface area contributed by atoms with Crippen molar-refractivity contribution >= 4 is 26.7 Å². The Balaban J connectivity index is 0.000000361. The first kappa shape index (κ1) is 16.2. The van der Waals surface area contributed by atoms with Crippen LogP contribution in [0.1, 0.15) is 32.3 Å². The summed E-state index contributed by atoms with van der Waals surface area (Å²) in [6.07, 6.45) is 2.64. The van der Waals surface area contributed by atoms with Gasteiger partial charge in [0.05, 0.1) is 23.4 Å².